The zero-order valence-corrected chi connectivity index (χ0v) is 30.0. The number of piperazine rings is 1. The summed E-state index contributed by atoms with van der Waals surface area (Å²) in [6, 6.07) is 8.64. The first-order chi connectivity index (χ1) is 24.5. The fourth-order valence-corrected chi connectivity index (χ4v) is 13.6. The van der Waals surface area contributed by atoms with Crippen LogP contribution in [0.3, 0.4) is 0 Å². The second-order valence-electron chi connectivity index (χ2n) is 16.5. The average Bonchev–Trinajstić information content (AvgIpc) is 3.52. The Bertz CT molecular complexity index is 2190. The number of hydrogen-bond acceptors (Lipinski definition) is 8. The number of hydrogen-bond donors (Lipinski definition) is 3. The van der Waals surface area contributed by atoms with Gasteiger partial charge in [-0.15, -0.1) is 0 Å². The second-order valence-corrected chi connectivity index (χ2v) is 19.2. The van der Waals surface area contributed by atoms with Gasteiger partial charge in [0, 0.05) is 62.9 Å². The van der Waals surface area contributed by atoms with E-state index in [1.807, 2.05) is 0 Å². The number of nitrogens with zero attached hydrogens (tertiary/aromatic N) is 3. The van der Waals surface area contributed by atoms with Crippen LogP contribution in [0.15, 0.2) is 30.3 Å². The van der Waals surface area contributed by atoms with Crippen LogP contribution in [0.5, 0.6) is 11.8 Å². The van der Waals surface area contributed by atoms with E-state index in [0.29, 0.717) is 87.0 Å². The lowest BCUT2D eigenvalue weighted by Gasteiger charge is -2.62. The van der Waals surface area contributed by atoms with E-state index in [4.69, 9.17) is 26.1 Å². The second kappa shape index (κ2) is 11.6. The van der Waals surface area contributed by atoms with Crippen LogP contribution in [0.1, 0.15) is 63.4 Å². The predicted octanol–water partition coefficient (Wildman–Crippen LogP) is 7.94. The molecule has 11 rings (SSSR count). The van der Waals surface area contributed by atoms with Crippen LogP contribution in [0.4, 0.5) is 14.6 Å². The summed E-state index contributed by atoms with van der Waals surface area (Å²) in [5.74, 6) is 2.33. The first kappa shape index (κ1) is 32.4. The van der Waals surface area contributed by atoms with Gasteiger partial charge >= 0.3 is 6.01 Å². The van der Waals surface area contributed by atoms with Crippen molar-refractivity contribution in [2.45, 2.75) is 75.3 Å². The first-order valence-corrected chi connectivity index (χ1v) is 20.9. The molecule has 7 fully saturated rings. The Morgan fingerprint density at radius 1 is 1.04 bits per heavy atom. The number of rotatable bonds is 8. The van der Waals surface area contributed by atoms with Gasteiger partial charge in [0.1, 0.15) is 22.9 Å². The van der Waals surface area contributed by atoms with E-state index in [0.717, 1.165) is 70.9 Å². The normalized spacial score (nSPS) is 33.4. The van der Waals surface area contributed by atoms with Crippen LogP contribution >= 0.6 is 11.6 Å². The van der Waals surface area contributed by atoms with Crippen LogP contribution in [0.2, 0.25) is 5.02 Å². The molecule has 51 heavy (non-hydrogen) atoms. The third kappa shape index (κ3) is 5.23. The van der Waals surface area contributed by atoms with Crippen molar-refractivity contribution in [3.8, 4) is 22.9 Å². The highest BCUT2D eigenvalue weighted by Crippen LogP contribution is 2.67. The Kier molecular flexibility index (Phi) is 7.37. The maximum Gasteiger partial charge on any atom is 0.319 e. The van der Waals surface area contributed by atoms with Crippen molar-refractivity contribution >= 4 is 48.8 Å². The molecule has 3 N–H and O–H groups in total. The fourth-order valence-electron chi connectivity index (χ4n) is 11.0. The van der Waals surface area contributed by atoms with Crippen molar-refractivity contribution in [3.05, 3.63) is 52.6 Å². The number of fused-ring (bicyclic) bond motifs is 6. The molecule has 1 aromatic heterocycles. The van der Waals surface area contributed by atoms with Crippen LogP contribution < -0.4 is 15.0 Å². The number of aromatic nitrogens is 2. The fraction of sp³-hybridized carbons (Fsp3) is 0.538. The van der Waals surface area contributed by atoms with Crippen molar-refractivity contribution in [3.63, 3.8) is 0 Å². The lowest BCUT2D eigenvalue weighted by molar-refractivity contribution is -0.0287. The molecular formula is C39H42ClF2N5O3S. The zero-order valence-electron chi connectivity index (χ0n) is 28.4. The smallest absolute Gasteiger partial charge is 0.319 e. The third-order valence-electron chi connectivity index (χ3n) is 13.2. The summed E-state index contributed by atoms with van der Waals surface area (Å²) < 4.78 is 60.0. The molecule has 3 aromatic carbocycles. The van der Waals surface area contributed by atoms with Gasteiger partial charge in [0.25, 0.3) is 0 Å². The summed E-state index contributed by atoms with van der Waals surface area (Å²) in [5, 5.41) is 16.4. The Labute approximate surface area is 301 Å². The van der Waals surface area contributed by atoms with Crippen molar-refractivity contribution in [1.29, 1.82) is 4.78 Å². The standard InChI is InChI=1S/C39H42ClF2N5O3S/c40-30-12-29-36(35(42)33(30)28-11-26(48)10-21-5-8-31(41)34(32(21)28)39-13-20(14-39)15-39)45-38(46-37(29)47-16-24-6-7-25(17-47)44-24)50-9-1-2-27-22-3-4-23(27)19-51(43,49)18-22/h5,8,10-12,20,22-25,27,43-44,48H,1-4,6-7,9,13-19H2. The van der Waals surface area contributed by atoms with Crippen molar-refractivity contribution < 1.29 is 22.8 Å². The van der Waals surface area contributed by atoms with Crippen LogP contribution in [0, 0.1) is 40.1 Å². The molecule has 0 amide bonds. The molecule has 3 aliphatic heterocycles. The number of phenols is 1. The van der Waals surface area contributed by atoms with Crippen LogP contribution in [0.25, 0.3) is 32.8 Å². The van der Waals surface area contributed by atoms with Crippen molar-refractivity contribution in [2.75, 3.05) is 36.1 Å². The number of halogens is 3. The molecule has 4 unspecified atom stereocenters. The van der Waals surface area contributed by atoms with E-state index < -0.39 is 15.5 Å². The van der Waals surface area contributed by atoms with E-state index in [-0.39, 0.29) is 39.1 Å². The molecule has 0 radical (unpaired) electrons. The number of aromatic hydroxyl groups is 1. The van der Waals surface area contributed by atoms with Crippen molar-refractivity contribution in [2.24, 2.45) is 23.7 Å². The highest BCUT2D eigenvalue weighted by Gasteiger charge is 2.59. The minimum Gasteiger partial charge on any atom is -0.508 e. The topological polar surface area (TPSA) is 111 Å². The SMILES string of the molecule is N=S1(=O)CC2CCC(C1)C2CCCOc1nc(N2CC3CCC(C2)N3)c2cc(Cl)c(-c3cc(O)cc4ccc(F)c(C56CC(C5)C6)c34)c(F)c2n1. The minimum absolute atomic E-state index is 0.0524. The predicted molar refractivity (Wildman–Crippen MR) is 195 cm³/mol. The van der Waals surface area contributed by atoms with Gasteiger partial charge in [-0.3, -0.25) is 4.78 Å². The third-order valence-corrected chi connectivity index (χ3v) is 15.5. The molecule has 268 valence electrons. The zero-order chi connectivity index (χ0) is 34.8. The number of benzene rings is 3. The van der Waals surface area contributed by atoms with E-state index in [9.17, 15) is 9.32 Å². The van der Waals surface area contributed by atoms with Gasteiger partial charge in [-0.25, -0.2) is 13.0 Å². The lowest BCUT2D eigenvalue weighted by Crippen LogP contribution is -2.55. The van der Waals surface area contributed by atoms with Gasteiger partial charge in [0.2, 0.25) is 0 Å². The molecular weight excluding hydrogens is 692 g/mol. The maximum absolute atomic E-state index is 17.3. The quantitative estimate of drug-likeness (QED) is 0.158. The monoisotopic (exact) mass is 733 g/mol. The summed E-state index contributed by atoms with van der Waals surface area (Å²) in [6.07, 6.45) is 8.64. The molecule has 4 aliphatic carbocycles. The van der Waals surface area contributed by atoms with Gasteiger partial charge in [-0.1, -0.05) is 17.7 Å². The van der Waals surface area contributed by atoms with E-state index in [2.05, 4.69) is 15.2 Å². The van der Waals surface area contributed by atoms with Crippen molar-refractivity contribution in [1.82, 2.24) is 15.3 Å². The van der Waals surface area contributed by atoms with Gasteiger partial charge in [-0.05, 0) is 127 Å². The number of phenolic OH excluding ortho intramolecular Hbond substituents is 1. The average molecular weight is 734 g/mol. The first-order valence-electron chi connectivity index (χ1n) is 18.6. The van der Waals surface area contributed by atoms with E-state index >= 15 is 8.78 Å². The Balaban J connectivity index is 1.05. The molecule has 12 heteroatoms. The van der Waals surface area contributed by atoms with Gasteiger partial charge in [0.05, 0.1) is 11.6 Å². The molecule has 0 spiro atoms. The van der Waals surface area contributed by atoms with Crippen LogP contribution in [-0.4, -0.2) is 62.6 Å². The molecule has 4 heterocycles. The van der Waals surface area contributed by atoms with Gasteiger partial charge < -0.3 is 20.1 Å². The Morgan fingerprint density at radius 3 is 2.45 bits per heavy atom. The number of anilines is 1. The maximum atomic E-state index is 17.3. The molecule has 6 bridgehead atoms. The molecule has 7 aliphatic rings. The minimum atomic E-state index is -2.46. The van der Waals surface area contributed by atoms with Crippen LogP contribution in [-0.2, 0) is 15.1 Å². The summed E-state index contributed by atoms with van der Waals surface area (Å²) in [4.78, 5) is 11.7. The summed E-state index contributed by atoms with van der Waals surface area (Å²) in [5.41, 5.74) is 0.840. The number of ether oxygens (including phenoxy) is 1. The molecule has 4 aromatic rings. The molecule has 4 saturated carbocycles. The Morgan fingerprint density at radius 2 is 1.76 bits per heavy atom. The summed E-state index contributed by atoms with van der Waals surface area (Å²) in [6.45, 7) is 1.79. The molecule has 8 nitrogen and oxygen atoms in total. The summed E-state index contributed by atoms with van der Waals surface area (Å²) >= 11 is 7.04. The summed E-state index contributed by atoms with van der Waals surface area (Å²) in [7, 11) is -2.46. The van der Waals surface area contributed by atoms with E-state index in [1.54, 1.807) is 18.2 Å². The lowest BCUT2D eigenvalue weighted by atomic mass is 9.42. The highest BCUT2D eigenvalue weighted by atomic mass is 35.5. The largest absolute Gasteiger partial charge is 0.508 e. The van der Waals surface area contributed by atoms with Gasteiger partial charge in [0.15, 0.2) is 5.82 Å². The highest BCUT2D eigenvalue weighted by molar-refractivity contribution is 7.92. The number of nitrogens with one attached hydrogen (secondary N) is 2. The molecule has 3 saturated heterocycles. The van der Waals surface area contributed by atoms with Gasteiger partial charge in [-0.2, -0.15) is 9.97 Å². The van der Waals surface area contributed by atoms with E-state index in [1.165, 1.54) is 12.1 Å². The molecule has 4 atom stereocenters. The Hall–Kier alpha value is -3.28.